The number of nitrogens with zero attached hydrogens (tertiary/aromatic N) is 1. The molecule has 16 heavy (non-hydrogen) atoms. The zero-order valence-electron chi connectivity index (χ0n) is 9.39. The van der Waals surface area contributed by atoms with E-state index < -0.39 is 18.4 Å². The SMILES string of the molecule is CC1(O)CCN(CCOCC(F)(F)F)CC1. The van der Waals surface area contributed by atoms with Gasteiger partial charge in [-0.1, -0.05) is 0 Å². The predicted octanol–water partition coefficient (Wildman–Crippen LogP) is 1.41. The van der Waals surface area contributed by atoms with Crippen LogP contribution in [0, 0.1) is 0 Å². The zero-order valence-corrected chi connectivity index (χ0v) is 9.39. The highest BCUT2D eigenvalue weighted by Gasteiger charge is 2.29. The Morgan fingerprint density at radius 3 is 2.38 bits per heavy atom. The third kappa shape index (κ3) is 5.67. The zero-order chi connectivity index (χ0) is 12.2. The van der Waals surface area contributed by atoms with E-state index in [2.05, 4.69) is 4.74 Å². The van der Waals surface area contributed by atoms with E-state index in [1.807, 2.05) is 4.90 Å². The van der Waals surface area contributed by atoms with Gasteiger partial charge in [-0.05, 0) is 19.8 Å². The fraction of sp³-hybridized carbons (Fsp3) is 1.00. The van der Waals surface area contributed by atoms with Gasteiger partial charge in [0.05, 0.1) is 12.2 Å². The van der Waals surface area contributed by atoms with Crippen LogP contribution < -0.4 is 0 Å². The van der Waals surface area contributed by atoms with Crippen molar-refractivity contribution in [3.8, 4) is 0 Å². The lowest BCUT2D eigenvalue weighted by molar-refractivity contribution is -0.174. The Labute approximate surface area is 93.2 Å². The molecule has 0 unspecified atom stereocenters. The van der Waals surface area contributed by atoms with Gasteiger partial charge in [0.2, 0.25) is 0 Å². The Morgan fingerprint density at radius 1 is 1.31 bits per heavy atom. The average Bonchev–Trinajstić information content (AvgIpc) is 2.13. The molecule has 3 nitrogen and oxygen atoms in total. The van der Waals surface area contributed by atoms with Gasteiger partial charge in [0, 0.05) is 19.6 Å². The first kappa shape index (κ1) is 13.7. The maximum atomic E-state index is 11.8. The molecule has 1 aliphatic heterocycles. The lowest BCUT2D eigenvalue weighted by Gasteiger charge is -2.35. The van der Waals surface area contributed by atoms with Crippen LogP contribution in [0.4, 0.5) is 13.2 Å². The summed E-state index contributed by atoms with van der Waals surface area (Å²) in [5, 5.41) is 9.66. The molecule has 0 saturated carbocycles. The molecule has 1 rings (SSSR count). The van der Waals surface area contributed by atoms with E-state index in [9.17, 15) is 18.3 Å². The number of hydrogen-bond donors (Lipinski definition) is 1. The van der Waals surface area contributed by atoms with Crippen LogP contribution in [0.1, 0.15) is 19.8 Å². The quantitative estimate of drug-likeness (QED) is 0.755. The number of halogens is 3. The van der Waals surface area contributed by atoms with Crippen molar-refractivity contribution in [1.29, 1.82) is 0 Å². The van der Waals surface area contributed by atoms with Crippen LogP contribution in [0.15, 0.2) is 0 Å². The molecule has 0 atom stereocenters. The molecule has 1 fully saturated rings. The Morgan fingerprint density at radius 2 is 1.88 bits per heavy atom. The van der Waals surface area contributed by atoms with Crippen molar-refractivity contribution in [1.82, 2.24) is 4.90 Å². The fourth-order valence-electron chi connectivity index (χ4n) is 1.64. The summed E-state index contributed by atoms with van der Waals surface area (Å²) in [4.78, 5) is 2.01. The van der Waals surface area contributed by atoms with Crippen molar-refractivity contribution in [2.75, 3.05) is 32.8 Å². The summed E-state index contributed by atoms with van der Waals surface area (Å²) in [6, 6.07) is 0. The third-order valence-corrected chi connectivity index (χ3v) is 2.75. The number of piperidine rings is 1. The van der Waals surface area contributed by atoms with Crippen molar-refractivity contribution < 1.29 is 23.0 Å². The van der Waals surface area contributed by atoms with Gasteiger partial charge < -0.3 is 14.7 Å². The molecule has 0 aromatic heterocycles. The minimum absolute atomic E-state index is 0.0850. The van der Waals surface area contributed by atoms with Gasteiger partial charge in [0.25, 0.3) is 0 Å². The highest BCUT2D eigenvalue weighted by Crippen LogP contribution is 2.20. The van der Waals surface area contributed by atoms with Crippen LogP contribution >= 0.6 is 0 Å². The number of hydrogen-bond acceptors (Lipinski definition) is 3. The van der Waals surface area contributed by atoms with Crippen molar-refractivity contribution in [2.24, 2.45) is 0 Å². The van der Waals surface area contributed by atoms with Crippen LogP contribution in [0.3, 0.4) is 0 Å². The molecule has 6 heteroatoms. The lowest BCUT2D eigenvalue weighted by Crippen LogP contribution is -2.43. The number of likely N-dealkylation sites (tertiary alicyclic amines) is 1. The molecule has 1 saturated heterocycles. The van der Waals surface area contributed by atoms with Crippen LogP contribution in [-0.2, 0) is 4.74 Å². The second-order valence-corrected chi connectivity index (χ2v) is 4.51. The van der Waals surface area contributed by atoms with Crippen LogP contribution in [-0.4, -0.2) is 54.6 Å². The van der Waals surface area contributed by atoms with E-state index in [0.29, 0.717) is 32.5 Å². The maximum absolute atomic E-state index is 11.8. The minimum Gasteiger partial charge on any atom is -0.390 e. The van der Waals surface area contributed by atoms with E-state index in [0.717, 1.165) is 0 Å². The topological polar surface area (TPSA) is 32.7 Å². The van der Waals surface area contributed by atoms with Gasteiger partial charge in [-0.25, -0.2) is 0 Å². The van der Waals surface area contributed by atoms with E-state index in [1.54, 1.807) is 6.92 Å². The van der Waals surface area contributed by atoms with E-state index >= 15 is 0 Å². The number of aliphatic hydroxyl groups is 1. The number of alkyl halides is 3. The molecule has 0 amide bonds. The first-order valence-electron chi connectivity index (χ1n) is 5.38. The molecule has 0 aromatic carbocycles. The molecule has 1 heterocycles. The molecule has 0 aliphatic carbocycles. The summed E-state index contributed by atoms with van der Waals surface area (Å²) in [6.45, 7) is 2.60. The molecular formula is C10H18F3NO2. The van der Waals surface area contributed by atoms with Crippen molar-refractivity contribution in [2.45, 2.75) is 31.5 Å². The Kier molecular flexibility index (Phi) is 4.58. The molecule has 96 valence electrons. The van der Waals surface area contributed by atoms with Crippen molar-refractivity contribution in [3.05, 3.63) is 0 Å². The summed E-state index contributed by atoms with van der Waals surface area (Å²) >= 11 is 0. The highest BCUT2D eigenvalue weighted by atomic mass is 19.4. The van der Waals surface area contributed by atoms with Crippen LogP contribution in [0.25, 0.3) is 0 Å². The summed E-state index contributed by atoms with van der Waals surface area (Å²) < 4.78 is 39.8. The molecule has 0 aromatic rings. The monoisotopic (exact) mass is 241 g/mol. The summed E-state index contributed by atoms with van der Waals surface area (Å²) in [6.07, 6.45) is -2.93. The largest absolute Gasteiger partial charge is 0.411 e. The van der Waals surface area contributed by atoms with E-state index in [-0.39, 0.29) is 6.61 Å². The lowest BCUT2D eigenvalue weighted by atomic mass is 9.94. The van der Waals surface area contributed by atoms with E-state index in [4.69, 9.17) is 0 Å². The second-order valence-electron chi connectivity index (χ2n) is 4.51. The van der Waals surface area contributed by atoms with Crippen LogP contribution in [0.2, 0.25) is 0 Å². The van der Waals surface area contributed by atoms with Gasteiger partial charge >= 0.3 is 6.18 Å². The minimum atomic E-state index is -4.24. The first-order chi connectivity index (χ1) is 7.29. The van der Waals surface area contributed by atoms with Crippen molar-refractivity contribution in [3.63, 3.8) is 0 Å². The molecule has 1 aliphatic rings. The normalized spacial score (nSPS) is 22.3. The molecular weight excluding hydrogens is 223 g/mol. The first-order valence-corrected chi connectivity index (χ1v) is 5.38. The molecule has 0 spiro atoms. The second kappa shape index (κ2) is 5.33. The Bertz CT molecular complexity index is 209. The molecule has 0 bridgehead atoms. The van der Waals surface area contributed by atoms with Gasteiger partial charge in [-0.15, -0.1) is 0 Å². The molecule has 1 N–H and O–H groups in total. The Balaban J connectivity index is 2.07. The average molecular weight is 241 g/mol. The highest BCUT2D eigenvalue weighted by molar-refractivity contribution is 4.81. The Hall–Kier alpha value is -0.330. The van der Waals surface area contributed by atoms with Gasteiger partial charge in [0.15, 0.2) is 0 Å². The number of rotatable bonds is 4. The molecule has 0 radical (unpaired) electrons. The maximum Gasteiger partial charge on any atom is 0.411 e. The van der Waals surface area contributed by atoms with Crippen molar-refractivity contribution >= 4 is 0 Å². The van der Waals surface area contributed by atoms with E-state index in [1.165, 1.54) is 0 Å². The smallest absolute Gasteiger partial charge is 0.390 e. The van der Waals surface area contributed by atoms with Gasteiger partial charge in [0.1, 0.15) is 6.61 Å². The standard InChI is InChI=1S/C10H18F3NO2/c1-9(15)2-4-14(5-3-9)6-7-16-8-10(11,12)13/h15H,2-8H2,1H3. The summed E-state index contributed by atoms with van der Waals surface area (Å²) in [5.74, 6) is 0. The summed E-state index contributed by atoms with van der Waals surface area (Å²) in [5.41, 5.74) is -0.622. The van der Waals surface area contributed by atoms with Gasteiger partial charge in [-0.2, -0.15) is 13.2 Å². The summed E-state index contributed by atoms with van der Waals surface area (Å²) in [7, 11) is 0. The van der Waals surface area contributed by atoms with Crippen LogP contribution in [0.5, 0.6) is 0 Å². The fourth-order valence-corrected chi connectivity index (χ4v) is 1.64. The number of ether oxygens (including phenoxy) is 1. The van der Waals surface area contributed by atoms with Gasteiger partial charge in [-0.3, -0.25) is 0 Å². The third-order valence-electron chi connectivity index (χ3n) is 2.75. The predicted molar refractivity (Wildman–Crippen MR) is 53.2 cm³/mol.